The molecule has 84 valence electrons. The molecule has 0 rings (SSSR count). The maximum absolute atomic E-state index is 9.93. The lowest BCUT2D eigenvalue weighted by molar-refractivity contribution is -0.107. The van der Waals surface area contributed by atoms with Gasteiger partial charge >= 0.3 is 0 Å². The Bertz CT molecular complexity index is 142. The average Bonchev–Trinajstić information content (AvgIpc) is 2.19. The van der Waals surface area contributed by atoms with E-state index in [1.54, 1.807) is 0 Å². The summed E-state index contributed by atoms with van der Waals surface area (Å²) < 4.78 is 0. The molecule has 0 bridgehead atoms. The van der Waals surface area contributed by atoms with E-state index in [-0.39, 0.29) is 5.96 Å². The minimum atomic E-state index is 0.155. The highest BCUT2D eigenvalue weighted by Gasteiger charge is 1.88. The number of hydrogen-bond donors (Lipinski definition) is 2. The fraction of sp³-hybridized carbons (Fsp3) is 0.800. The van der Waals surface area contributed by atoms with E-state index in [0.717, 1.165) is 32.0 Å². The molecule has 0 saturated carbocycles. The standard InChI is InChI=1S/C8H17N3O.C2H6/c9-8(10)11-6-4-2-1-3-5-7-12;1-2/h7H,1-6H2,(H4,9,10,11);1-2H3. The van der Waals surface area contributed by atoms with Crippen molar-refractivity contribution < 1.29 is 4.79 Å². The van der Waals surface area contributed by atoms with E-state index in [1.807, 2.05) is 13.8 Å². The van der Waals surface area contributed by atoms with Gasteiger partial charge in [0.25, 0.3) is 0 Å². The number of carbonyl (C=O) groups is 1. The molecule has 0 radical (unpaired) electrons. The Morgan fingerprint density at radius 1 is 1.14 bits per heavy atom. The van der Waals surface area contributed by atoms with E-state index in [0.29, 0.717) is 13.0 Å². The summed E-state index contributed by atoms with van der Waals surface area (Å²) in [6, 6.07) is 0. The number of aldehydes is 1. The van der Waals surface area contributed by atoms with Crippen LogP contribution >= 0.6 is 0 Å². The van der Waals surface area contributed by atoms with Gasteiger partial charge < -0.3 is 16.3 Å². The highest BCUT2D eigenvalue weighted by Crippen LogP contribution is 2.01. The third-order valence-corrected chi connectivity index (χ3v) is 1.52. The molecular weight excluding hydrogens is 178 g/mol. The summed E-state index contributed by atoms with van der Waals surface area (Å²) in [5, 5.41) is 0. The molecule has 14 heavy (non-hydrogen) atoms. The molecular formula is C10H23N3O. The minimum absolute atomic E-state index is 0.155. The van der Waals surface area contributed by atoms with Gasteiger partial charge in [0.05, 0.1) is 0 Å². The van der Waals surface area contributed by atoms with Crippen LogP contribution < -0.4 is 11.5 Å². The van der Waals surface area contributed by atoms with Gasteiger partial charge in [-0.1, -0.05) is 26.7 Å². The summed E-state index contributed by atoms with van der Waals surface area (Å²) in [6.07, 6.45) is 5.77. The zero-order chi connectivity index (χ0) is 11.2. The van der Waals surface area contributed by atoms with Gasteiger partial charge in [0.2, 0.25) is 0 Å². The average molecular weight is 201 g/mol. The number of rotatable bonds is 7. The molecule has 4 heteroatoms. The van der Waals surface area contributed by atoms with Crippen LogP contribution in [-0.2, 0) is 4.79 Å². The van der Waals surface area contributed by atoms with Crippen molar-refractivity contribution in [1.82, 2.24) is 0 Å². The minimum Gasteiger partial charge on any atom is -0.370 e. The molecule has 4 nitrogen and oxygen atoms in total. The lowest BCUT2D eigenvalue weighted by atomic mass is 10.1. The van der Waals surface area contributed by atoms with Crippen LogP contribution in [0.5, 0.6) is 0 Å². The van der Waals surface area contributed by atoms with E-state index in [1.165, 1.54) is 0 Å². The van der Waals surface area contributed by atoms with Gasteiger partial charge in [0, 0.05) is 13.0 Å². The first-order valence-corrected chi connectivity index (χ1v) is 5.26. The van der Waals surface area contributed by atoms with Crippen LogP contribution in [-0.4, -0.2) is 18.8 Å². The van der Waals surface area contributed by atoms with Crippen molar-refractivity contribution in [3.8, 4) is 0 Å². The summed E-state index contributed by atoms with van der Waals surface area (Å²) in [4.78, 5) is 13.8. The molecule has 0 aliphatic heterocycles. The summed E-state index contributed by atoms with van der Waals surface area (Å²) in [6.45, 7) is 4.70. The van der Waals surface area contributed by atoms with Crippen molar-refractivity contribution in [2.75, 3.05) is 6.54 Å². The first-order chi connectivity index (χ1) is 6.77. The zero-order valence-corrected chi connectivity index (χ0v) is 9.33. The first-order valence-electron chi connectivity index (χ1n) is 5.26. The summed E-state index contributed by atoms with van der Waals surface area (Å²) in [5.74, 6) is 0.155. The van der Waals surface area contributed by atoms with Gasteiger partial charge in [-0.25, -0.2) is 0 Å². The quantitative estimate of drug-likeness (QED) is 0.283. The van der Waals surface area contributed by atoms with Gasteiger partial charge in [-0.05, 0) is 12.8 Å². The molecule has 0 unspecified atom stereocenters. The van der Waals surface area contributed by atoms with Gasteiger partial charge in [-0.15, -0.1) is 0 Å². The van der Waals surface area contributed by atoms with Crippen LogP contribution in [0.4, 0.5) is 0 Å². The third-order valence-electron chi connectivity index (χ3n) is 1.52. The summed E-state index contributed by atoms with van der Waals surface area (Å²) >= 11 is 0. The Hall–Kier alpha value is -1.06. The number of carbonyl (C=O) groups excluding carboxylic acids is 1. The fourth-order valence-electron chi connectivity index (χ4n) is 0.901. The van der Waals surface area contributed by atoms with E-state index < -0.39 is 0 Å². The third kappa shape index (κ3) is 17.1. The molecule has 0 saturated heterocycles. The molecule has 0 aromatic carbocycles. The highest BCUT2D eigenvalue weighted by atomic mass is 16.1. The molecule has 0 aliphatic rings. The molecule has 0 heterocycles. The maximum Gasteiger partial charge on any atom is 0.185 e. The molecule has 0 aromatic heterocycles. The highest BCUT2D eigenvalue weighted by molar-refractivity contribution is 5.75. The van der Waals surface area contributed by atoms with Crippen LogP contribution in [0.1, 0.15) is 46.0 Å². The number of aliphatic imine (C=N–C) groups is 1. The number of unbranched alkanes of at least 4 members (excludes halogenated alkanes) is 4. The Morgan fingerprint density at radius 2 is 1.71 bits per heavy atom. The van der Waals surface area contributed by atoms with Crippen LogP contribution in [0.15, 0.2) is 4.99 Å². The Kier molecular flexibility index (Phi) is 15.9. The van der Waals surface area contributed by atoms with Crippen molar-refractivity contribution in [2.45, 2.75) is 46.0 Å². The molecule has 0 aromatic rings. The smallest absolute Gasteiger partial charge is 0.185 e. The Labute approximate surface area is 86.8 Å². The van der Waals surface area contributed by atoms with E-state index >= 15 is 0 Å². The van der Waals surface area contributed by atoms with Crippen molar-refractivity contribution in [3.05, 3.63) is 0 Å². The number of hydrogen-bond acceptors (Lipinski definition) is 2. The molecule has 0 aliphatic carbocycles. The van der Waals surface area contributed by atoms with E-state index in [2.05, 4.69) is 4.99 Å². The fourth-order valence-corrected chi connectivity index (χ4v) is 0.901. The van der Waals surface area contributed by atoms with Crippen LogP contribution in [0, 0.1) is 0 Å². The largest absolute Gasteiger partial charge is 0.370 e. The lowest BCUT2D eigenvalue weighted by Crippen LogP contribution is -2.22. The van der Waals surface area contributed by atoms with Gasteiger partial charge in [-0.3, -0.25) is 4.99 Å². The van der Waals surface area contributed by atoms with Crippen molar-refractivity contribution in [2.24, 2.45) is 16.5 Å². The topological polar surface area (TPSA) is 81.5 Å². The SMILES string of the molecule is CC.NC(N)=NCCCCCCC=O. The van der Waals surface area contributed by atoms with Gasteiger partial charge in [-0.2, -0.15) is 0 Å². The van der Waals surface area contributed by atoms with E-state index in [9.17, 15) is 4.79 Å². The molecule has 0 fully saturated rings. The van der Waals surface area contributed by atoms with Crippen molar-refractivity contribution in [1.29, 1.82) is 0 Å². The van der Waals surface area contributed by atoms with Gasteiger partial charge in [0.15, 0.2) is 5.96 Å². The van der Waals surface area contributed by atoms with E-state index in [4.69, 9.17) is 11.5 Å². The Morgan fingerprint density at radius 3 is 2.21 bits per heavy atom. The number of nitrogens with two attached hydrogens (primary N) is 2. The first kappa shape index (κ1) is 15.4. The normalized spacial score (nSPS) is 8.43. The second-order valence-corrected chi connectivity index (χ2v) is 2.68. The maximum atomic E-state index is 9.93. The van der Waals surface area contributed by atoms with Crippen molar-refractivity contribution in [3.63, 3.8) is 0 Å². The van der Waals surface area contributed by atoms with Crippen molar-refractivity contribution >= 4 is 12.2 Å². The molecule has 0 amide bonds. The summed E-state index contributed by atoms with van der Waals surface area (Å²) in [7, 11) is 0. The number of nitrogens with zero attached hydrogens (tertiary/aromatic N) is 1. The second-order valence-electron chi connectivity index (χ2n) is 2.68. The van der Waals surface area contributed by atoms with Crippen LogP contribution in [0.3, 0.4) is 0 Å². The molecule has 0 atom stereocenters. The monoisotopic (exact) mass is 201 g/mol. The van der Waals surface area contributed by atoms with Crippen LogP contribution in [0.2, 0.25) is 0 Å². The molecule has 4 N–H and O–H groups in total. The molecule has 0 spiro atoms. The lowest BCUT2D eigenvalue weighted by Gasteiger charge is -1.96. The predicted octanol–water partition coefficient (Wildman–Crippen LogP) is 1.44. The summed E-state index contributed by atoms with van der Waals surface area (Å²) in [5.41, 5.74) is 10.3. The second kappa shape index (κ2) is 14.5. The predicted molar refractivity (Wildman–Crippen MR) is 61.2 cm³/mol. The Balaban J connectivity index is 0. The van der Waals surface area contributed by atoms with Gasteiger partial charge in [0.1, 0.15) is 6.29 Å². The van der Waals surface area contributed by atoms with Crippen LogP contribution in [0.25, 0.3) is 0 Å². The zero-order valence-electron chi connectivity index (χ0n) is 9.33. The number of guanidine groups is 1.